The van der Waals surface area contributed by atoms with Crippen molar-refractivity contribution in [3.63, 3.8) is 0 Å². The largest absolute Gasteiger partial charge is 0.494 e. The molecule has 2 aromatic carbocycles. The van der Waals surface area contributed by atoms with E-state index in [9.17, 15) is 0 Å². The van der Waals surface area contributed by atoms with Crippen LogP contribution in [0.25, 0.3) is 10.2 Å². The van der Waals surface area contributed by atoms with Crippen LogP contribution in [0, 0.1) is 0 Å². The number of fused-ring (bicyclic) bond motifs is 1. The highest BCUT2D eigenvalue weighted by Crippen LogP contribution is 2.38. The van der Waals surface area contributed by atoms with Crippen LogP contribution < -0.4 is 15.4 Å². The smallest absolute Gasteiger partial charge is 0.183 e. The summed E-state index contributed by atoms with van der Waals surface area (Å²) < 4.78 is 6.54. The van der Waals surface area contributed by atoms with Gasteiger partial charge < -0.3 is 15.4 Å². The number of para-hydroxylation sites is 1. The molecule has 30 heavy (non-hydrogen) atoms. The lowest BCUT2D eigenvalue weighted by atomic mass is 10.0. The van der Waals surface area contributed by atoms with Crippen molar-refractivity contribution in [2.45, 2.75) is 37.6 Å². The monoisotopic (exact) mass is 438 g/mol. The van der Waals surface area contributed by atoms with E-state index in [-0.39, 0.29) is 0 Å². The zero-order valence-electron chi connectivity index (χ0n) is 17.1. The van der Waals surface area contributed by atoms with Crippen molar-refractivity contribution in [3.05, 3.63) is 48.0 Å². The minimum Gasteiger partial charge on any atom is -0.494 e. The number of hydrogen-bond acceptors (Lipinski definition) is 6. The Bertz CT molecular complexity index is 1050. The minimum atomic E-state index is 0.319. The molecule has 2 aliphatic rings. The number of nitrogens with zero attached hydrogens (tertiary/aromatic N) is 2. The molecule has 0 unspecified atom stereocenters. The van der Waals surface area contributed by atoms with E-state index >= 15 is 0 Å². The van der Waals surface area contributed by atoms with Crippen molar-refractivity contribution >= 4 is 49.3 Å². The average molecular weight is 439 g/mol. The molecule has 1 aliphatic heterocycles. The van der Waals surface area contributed by atoms with Crippen LogP contribution in [-0.2, 0) is 6.42 Å². The van der Waals surface area contributed by atoms with Crippen LogP contribution in [-0.4, -0.2) is 35.1 Å². The Kier molecular flexibility index (Phi) is 5.56. The number of methoxy groups -OCH3 is 1. The Balaban J connectivity index is 1.16. The number of thiazole rings is 1. The highest BCUT2D eigenvalue weighted by Gasteiger charge is 2.39. The second-order valence-corrected chi connectivity index (χ2v) is 9.98. The van der Waals surface area contributed by atoms with E-state index in [1.165, 1.54) is 31.2 Å². The summed E-state index contributed by atoms with van der Waals surface area (Å²) in [6, 6.07) is 14.6. The van der Waals surface area contributed by atoms with Crippen molar-refractivity contribution in [2.24, 2.45) is 4.99 Å². The van der Waals surface area contributed by atoms with Crippen molar-refractivity contribution in [1.29, 1.82) is 0 Å². The van der Waals surface area contributed by atoms with Crippen molar-refractivity contribution in [2.75, 3.05) is 24.7 Å². The van der Waals surface area contributed by atoms with Crippen LogP contribution in [0.5, 0.6) is 5.75 Å². The number of nitrogens with one attached hydrogen (secondary N) is 2. The first kappa shape index (κ1) is 19.7. The van der Waals surface area contributed by atoms with Gasteiger partial charge >= 0.3 is 0 Å². The van der Waals surface area contributed by atoms with E-state index in [1.54, 1.807) is 18.4 Å². The summed E-state index contributed by atoms with van der Waals surface area (Å²) in [5.74, 6) is 1.98. The lowest BCUT2D eigenvalue weighted by Crippen LogP contribution is -2.40. The molecule has 2 fully saturated rings. The summed E-state index contributed by atoms with van der Waals surface area (Å²) in [6.45, 7) is 0.843. The zero-order valence-corrected chi connectivity index (χ0v) is 18.7. The van der Waals surface area contributed by atoms with Crippen molar-refractivity contribution in [3.8, 4) is 5.75 Å². The molecule has 156 valence electrons. The highest BCUT2D eigenvalue weighted by molar-refractivity contribution is 8.14. The van der Waals surface area contributed by atoms with Gasteiger partial charge in [-0.25, -0.2) is 9.98 Å². The quantitative estimate of drug-likeness (QED) is 0.525. The Morgan fingerprint density at radius 3 is 2.80 bits per heavy atom. The lowest BCUT2D eigenvalue weighted by Gasteiger charge is -2.21. The summed E-state index contributed by atoms with van der Waals surface area (Å²) in [7, 11) is 1.68. The maximum Gasteiger partial charge on any atom is 0.183 e. The van der Waals surface area contributed by atoms with E-state index in [2.05, 4.69) is 45.9 Å². The molecule has 1 aliphatic carbocycles. The average Bonchev–Trinajstić information content (AvgIpc) is 3.49. The number of rotatable bonds is 6. The second-order valence-electron chi connectivity index (χ2n) is 7.99. The summed E-state index contributed by atoms with van der Waals surface area (Å²) >= 11 is 3.53. The van der Waals surface area contributed by atoms with Gasteiger partial charge in [-0.2, -0.15) is 0 Å². The van der Waals surface area contributed by atoms with Crippen LogP contribution in [0.15, 0.2) is 47.5 Å². The van der Waals surface area contributed by atoms with E-state index in [0.717, 1.165) is 50.7 Å². The van der Waals surface area contributed by atoms with E-state index in [1.807, 2.05) is 23.9 Å². The van der Waals surface area contributed by atoms with E-state index in [4.69, 9.17) is 9.73 Å². The standard InChI is InChI=1S/C23H26N4OS2/c1-28-18-5-4-6-19-20(18)26-21(30-19)24-14-11-16-7-9-17(10-8-16)25-22-27-23(15-29-22)12-2-3-13-23/h4-10H,2-3,11-15H2,1H3,(H,24,26)(H,25,27). The van der Waals surface area contributed by atoms with Gasteiger partial charge in [0, 0.05) is 17.8 Å². The number of ether oxygens (including phenoxy) is 1. The number of thioether (sulfide) groups is 1. The normalized spacial score (nSPS) is 18.9. The number of aliphatic imine (C=N–C) groups is 1. The molecule has 5 rings (SSSR count). The maximum absolute atomic E-state index is 5.40. The first-order chi connectivity index (χ1) is 14.7. The van der Waals surface area contributed by atoms with Crippen LogP contribution in [0.2, 0.25) is 0 Å². The van der Waals surface area contributed by atoms with Crippen LogP contribution in [0.4, 0.5) is 10.8 Å². The van der Waals surface area contributed by atoms with E-state index < -0.39 is 0 Å². The van der Waals surface area contributed by atoms with Gasteiger partial charge in [0.15, 0.2) is 10.3 Å². The molecule has 1 spiro atoms. The SMILES string of the molecule is COc1cccc2sc(NCCc3ccc(/N=C4/NC5(CCCC5)CS4)cc3)nc12. The van der Waals surface area contributed by atoms with Gasteiger partial charge in [-0.1, -0.05) is 54.1 Å². The summed E-state index contributed by atoms with van der Waals surface area (Å²) in [5.41, 5.74) is 3.56. The van der Waals surface area contributed by atoms with Gasteiger partial charge in [-0.15, -0.1) is 0 Å². The fourth-order valence-electron chi connectivity index (χ4n) is 4.22. The third-order valence-corrected chi connectivity index (χ3v) is 8.02. The first-order valence-corrected chi connectivity index (χ1v) is 12.3. The molecule has 0 radical (unpaired) electrons. The highest BCUT2D eigenvalue weighted by atomic mass is 32.2. The fourth-order valence-corrected chi connectivity index (χ4v) is 6.36. The van der Waals surface area contributed by atoms with Gasteiger partial charge in [-0.05, 0) is 49.1 Å². The number of hydrogen-bond donors (Lipinski definition) is 2. The molecular formula is C23H26N4OS2. The van der Waals surface area contributed by atoms with E-state index in [0.29, 0.717) is 5.54 Å². The Morgan fingerprint density at radius 1 is 1.17 bits per heavy atom. The van der Waals surface area contributed by atoms with Crippen molar-refractivity contribution < 1.29 is 4.74 Å². The molecule has 1 aromatic heterocycles. The Labute approximate surface area is 185 Å². The van der Waals surface area contributed by atoms with Gasteiger partial charge in [0.05, 0.1) is 17.5 Å². The molecule has 0 amide bonds. The first-order valence-electron chi connectivity index (χ1n) is 10.5. The zero-order chi connectivity index (χ0) is 20.4. The molecule has 5 nitrogen and oxygen atoms in total. The second kappa shape index (κ2) is 8.47. The molecule has 2 heterocycles. The molecule has 7 heteroatoms. The number of anilines is 1. The van der Waals surface area contributed by atoms with Crippen LogP contribution in [0.3, 0.4) is 0 Å². The lowest BCUT2D eigenvalue weighted by molar-refractivity contribution is 0.419. The molecule has 0 atom stereocenters. The van der Waals surface area contributed by atoms with Gasteiger partial charge in [0.25, 0.3) is 0 Å². The number of benzene rings is 2. The Morgan fingerprint density at radius 2 is 2.00 bits per heavy atom. The van der Waals surface area contributed by atoms with Gasteiger partial charge in [-0.3, -0.25) is 0 Å². The molecule has 2 N–H and O–H groups in total. The molecule has 1 saturated heterocycles. The van der Waals surface area contributed by atoms with Gasteiger partial charge in [0.2, 0.25) is 0 Å². The van der Waals surface area contributed by atoms with Crippen molar-refractivity contribution in [1.82, 2.24) is 10.3 Å². The molecule has 1 saturated carbocycles. The van der Waals surface area contributed by atoms with Crippen LogP contribution >= 0.6 is 23.1 Å². The van der Waals surface area contributed by atoms with Crippen LogP contribution in [0.1, 0.15) is 31.2 Å². The third kappa shape index (κ3) is 4.14. The Hall–Kier alpha value is -2.25. The molecule has 0 bridgehead atoms. The molecule has 3 aromatic rings. The predicted molar refractivity (Wildman–Crippen MR) is 129 cm³/mol. The summed E-state index contributed by atoms with van der Waals surface area (Å²) in [4.78, 5) is 9.49. The number of amidine groups is 1. The van der Waals surface area contributed by atoms with Gasteiger partial charge in [0.1, 0.15) is 11.3 Å². The summed E-state index contributed by atoms with van der Waals surface area (Å²) in [5, 5.41) is 9.15. The predicted octanol–water partition coefficient (Wildman–Crippen LogP) is 5.60. The minimum absolute atomic E-state index is 0.319. The maximum atomic E-state index is 5.40. The summed E-state index contributed by atoms with van der Waals surface area (Å²) in [6.07, 6.45) is 6.20. The molecular weight excluding hydrogens is 412 g/mol. The number of aromatic nitrogens is 1. The fraction of sp³-hybridized carbons (Fsp3) is 0.391. The third-order valence-electron chi connectivity index (χ3n) is 5.88. The topological polar surface area (TPSA) is 58.5 Å².